The predicted octanol–water partition coefficient (Wildman–Crippen LogP) is 10.2. The van der Waals surface area contributed by atoms with Crippen LogP contribution < -0.4 is 20.7 Å². The van der Waals surface area contributed by atoms with E-state index in [-0.39, 0.29) is 45.2 Å². The van der Waals surface area contributed by atoms with Crippen molar-refractivity contribution in [2.75, 3.05) is 32.1 Å². The van der Waals surface area contributed by atoms with Crippen molar-refractivity contribution < 1.29 is 28.2 Å². The van der Waals surface area contributed by atoms with E-state index in [9.17, 15) is 23.4 Å². The lowest BCUT2D eigenvalue weighted by molar-refractivity contribution is -0.114. The molecule has 3 saturated heterocycles. The molecule has 0 spiro atoms. The minimum Gasteiger partial charge on any atom is -0.508 e. The standard InChI is InChI=1S/C24H28N2O4S.C17H23NO.C16H21NO.BrH/c1-16(27)25-18-6-9-20(10-7-18)31(29,30)26-13-12-24-11-3-2-4-21(24)23(26)14-17-5-8-19(28)15-22(17)24;1-19-13-6-5-12-10-16-14-4-2-3-7-17(14,8-9-18-16)15(12)11-13;18-12-5-4-11-9-15-13-3-1-2-6-16(13,7-8-17-15)14(11)10-12;/h5-10,15,21,23,28H,2-4,11-14H2,1H3,(H,25,27);5-6,11,14,16,18H,2-4,7-10H2,1H3;4-5,10,13,15,17-18H,1-3,6-9H2;1H/t21-,23+,24+;14-,16+,17+;13-,15+,16+;/m111./s1. The van der Waals surface area contributed by atoms with Gasteiger partial charge in [0, 0.05) is 53.5 Å². The third kappa shape index (κ3) is 8.43. The molecule has 9 atom stereocenters. The number of aromatic hydroxyl groups is 2. The molecular formula is C57H73BrN4O6S. The molecule has 6 bridgehead atoms. The molecule has 0 unspecified atom stereocenters. The number of hydrogen-bond donors (Lipinski definition) is 5. The third-order valence-corrected chi connectivity index (χ3v) is 21.0. The number of nitrogens with one attached hydrogen (secondary N) is 3. The van der Waals surface area contributed by atoms with Gasteiger partial charge in [-0.05, 0) is 202 Å². The van der Waals surface area contributed by atoms with Crippen LogP contribution in [-0.4, -0.2) is 73.7 Å². The van der Waals surface area contributed by atoms with Gasteiger partial charge < -0.3 is 30.9 Å². The van der Waals surface area contributed by atoms with Crippen LogP contribution in [0.5, 0.6) is 17.2 Å². The van der Waals surface area contributed by atoms with Gasteiger partial charge in [0.2, 0.25) is 15.9 Å². The largest absolute Gasteiger partial charge is 0.508 e. The van der Waals surface area contributed by atoms with Gasteiger partial charge in [-0.2, -0.15) is 4.31 Å². The number of halogens is 1. The van der Waals surface area contributed by atoms with Crippen molar-refractivity contribution in [3.8, 4) is 17.2 Å². The zero-order chi connectivity index (χ0) is 46.8. The average Bonchev–Trinajstić information content (AvgIpc) is 3.35. The van der Waals surface area contributed by atoms with Gasteiger partial charge in [0.1, 0.15) is 17.2 Å². The highest BCUT2D eigenvalue weighted by Crippen LogP contribution is 2.58. The van der Waals surface area contributed by atoms with Crippen LogP contribution in [-0.2, 0) is 50.3 Å². The zero-order valence-corrected chi connectivity index (χ0v) is 43.1. The number of carbonyl (C=O) groups excluding carboxylic acids is 1. The molecule has 10 nitrogen and oxygen atoms in total. The number of hydrogen-bond acceptors (Lipinski definition) is 8. The van der Waals surface area contributed by atoms with Crippen molar-refractivity contribution in [2.45, 2.75) is 162 Å². The molecule has 0 aromatic heterocycles. The highest BCUT2D eigenvalue weighted by Gasteiger charge is 2.57. The molecule has 6 fully saturated rings. The monoisotopic (exact) mass is 1020 g/mol. The van der Waals surface area contributed by atoms with Gasteiger partial charge in [0.05, 0.1) is 12.0 Å². The number of methoxy groups -OCH3 is 1. The minimum absolute atomic E-state index is 0. The summed E-state index contributed by atoms with van der Waals surface area (Å²) in [5.41, 5.74) is 9.93. The number of rotatable bonds is 4. The van der Waals surface area contributed by atoms with Gasteiger partial charge in [-0.1, -0.05) is 56.7 Å². The number of nitrogens with zero attached hydrogens (tertiary/aromatic N) is 1. The van der Waals surface area contributed by atoms with Gasteiger partial charge in [-0.25, -0.2) is 8.42 Å². The second kappa shape index (κ2) is 19.2. The molecule has 3 heterocycles. The van der Waals surface area contributed by atoms with E-state index in [0.29, 0.717) is 47.0 Å². The van der Waals surface area contributed by atoms with Crippen molar-refractivity contribution in [1.82, 2.24) is 14.9 Å². The van der Waals surface area contributed by atoms with Crippen molar-refractivity contribution in [1.29, 1.82) is 0 Å². The Bertz CT molecular complexity index is 2660. The number of fused-ring (bicyclic) bond motifs is 3. The number of carbonyl (C=O) groups is 1. The lowest BCUT2D eigenvalue weighted by Gasteiger charge is -2.58. The highest BCUT2D eigenvalue weighted by molar-refractivity contribution is 8.93. The number of anilines is 1. The second-order valence-corrected chi connectivity index (χ2v) is 24.0. The first-order chi connectivity index (χ1) is 32.9. The summed E-state index contributed by atoms with van der Waals surface area (Å²) in [6, 6.07) is 26.2. The van der Waals surface area contributed by atoms with Crippen LogP contribution in [0.2, 0.25) is 0 Å². The molecule has 4 aromatic carbocycles. The van der Waals surface area contributed by atoms with Crippen LogP contribution in [0.4, 0.5) is 5.69 Å². The molecule has 69 heavy (non-hydrogen) atoms. The number of phenolic OH excluding ortho intramolecular Hbond substituents is 2. The van der Waals surface area contributed by atoms with Crippen LogP contribution in [0.15, 0.2) is 83.8 Å². The Labute approximate surface area is 420 Å². The Morgan fingerprint density at radius 2 is 1.13 bits per heavy atom. The topological polar surface area (TPSA) is 140 Å². The Morgan fingerprint density at radius 1 is 0.638 bits per heavy atom. The predicted molar refractivity (Wildman–Crippen MR) is 277 cm³/mol. The number of piperidine rings is 3. The molecule has 370 valence electrons. The molecule has 12 heteroatoms. The van der Waals surface area contributed by atoms with Crippen LogP contribution >= 0.6 is 17.0 Å². The lowest BCUT2D eigenvalue weighted by Crippen LogP contribution is -2.62. The fraction of sp³-hybridized carbons (Fsp3) is 0.561. The summed E-state index contributed by atoms with van der Waals surface area (Å²) in [5, 5.41) is 30.2. The number of sulfonamides is 1. The minimum atomic E-state index is -3.65. The normalized spacial score (nSPS) is 32.3. The first-order valence-corrected chi connectivity index (χ1v) is 27.6. The van der Waals surface area contributed by atoms with E-state index in [1.54, 1.807) is 52.9 Å². The fourth-order valence-corrected chi connectivity index (χ4v) is 17.9. The molecule has 3 saturated carbocycles. The summed E-state index contributed by atoms with van der Waals surface area (Å²) in [4.78, 5) is 11.5. The fourth-order valence-electron chi connectivity index (χ4n) is 16.2. The van der Waals surface area contributed by atoms with E-state index >= 15 is 0 Å². The van der Waals surface area contributed by atoms with E-state index in [1.165, 1.54) is 106 Å². The molecule has 6 aliphatic carbocycles. The third-order valence-electron chi connectivity index (χ3n) is 19.0. The maximum absolute atomic E-state index is 13.7. The van der Waals surface area contributed by atoms with Gasteiger partial charge in [-0.15, -0.1) is 17.0 Å². The van der Waals surface area contributed by atoms with Crippen LogP contribution in [0, 0.1) is 17.8 Å². The van der Waals surface area contributed by atoms with E-state index in [4.69, 9.17) is 4.74 Å². The maximum atomic E-state index is 13.7. The van der Waals surface area contributed by atoms with Crippen molar-refractivity contribution >= 4 is 38.6 Å². The Morgan fingerprint density at radius 3 is 1.67 bits per heavy atom. The molecule has 13 rings (SSSR count). The van der Waals surface area contributed by atoms with E-state index in [0.717, 1.165) is 68.7 Å². The van der Waals surface area contributed by atoms with Gasteiger partial charge in [0.25, 0.3) is 0 Å². The molecule has 5 N–H and O–H groups in total. The molecule has 4 aromatic rings. The molecule has 3 aliphatic heterocycles. The summed E-state index contributed by atoms with van der Waals surface area (Å²) < 4.78 is 34.5. The summed E-state index contributed by atoms with van der Waals surface area (Å²) in [7, 11) is -1.87. The van der Waals surface area contributed by atoms with E-state index in [1.807, 2.05) is 18.2 Å². The van der Waals surface area contributed by atoms with Gasteiger partial charge in [0.15, 0.2) is 0 Å². The van der Waals surface area contributed by atoms with Crippen LogP contribution in [0.25, 0.3) is 0 Å². The highest BCUT2D eigenvalue weighted by atomic mass is 79.9. The van der Waals surface area contributed by atoms with Crippen LogP contribution in [0.3, 0.4) is 0 Å². The van der Waals surface area contributed by atoms with E-state index < -0.39 is 10.0 Å². The quantitative estimate of drug-likeness (QED) is 0.136. The number of amides is 1. The summed E-state index contributed by atoms with van der Waals surface area (Å²) in [6.45, 7) is 4.26. The smallest absolute Gasteiger partial charge is 0.243 e. The second-order valence-electron chi connectivity index (χ2n) is 22.1. The molecule has 9 aliphatic rings. The summed E-state index contributed by atoms with van der Waals surface area (Å²) >= 11 is 0. The number of ether oxygens (including phenoxy) is 1. The molecule has 0 radical (unpaired) electrons. The molecule has 1 amide bonds. The SMILES string of the molecule is Br.CC(=O)Nc1ccc(S(=O)(=O)N2CC[C@@]34CCCC[C@@H]3[C@@H]2Cc2ccc(O)cc24)cc1.COc1ccc2c(c1)[C@]13CCCC[C@@H]1[C@H](C2)NCC3.Oc1ccc2c(c1)[C@]13CCCC[C@@H]1[C@H](C2)NCC3. The van der Waals surface area contributed by atoms with Gasteiger partial charge in [-0.3, -0.25) is 4.79 Å². The Kier molecular flexibility index (Phi) is 13.6. The Balaban J connectivity index is 0.000000126. The average molecular weight is 1020 g/mol. The zero-order valence-electron chi connectivity index (χ0n) is 40.6. The van der Waals surface area contributed by atoms with Gasteiger partial charge >= 0.3 is 0 Å². The van der Waals surface area contributed by atoms with Crippen LogP contribution in [0.1, 0.15) is 137 Å². The maximum Gasteiger partial charge on any atom is 0.243 e. The number of phenols is 2. The first-order valence-electron chi connectivity index (χ1n) is 26.1. The summed E-state index contributed by atoms with van der Waals surface area (Å²) in [6.07, 6.45) is 21.8. The lowest BCUT2D eigenvalue weighted by atomic mass is 9.53. The number of benzene rings is 4. The summed E-state index contributed by atoms with van der Waals surface area (Å²) in [5.74, 6) is 3.53. The molecular weight excluding hydrogens is 949 g/mol. The van der Waals surface area contributed by atoms with E-state index in [2.05, 4.69) is 46.3 Å². The Hall–Kier alpha value is -3.94. The van der Waals surface area contributed by atoms with Crippen molar-refractivity contribution in [3.63, 3.8) is 0 Å². The first kappa shape index (κ1) is 48.7. The van der Waals surface area contributed by atoms with Crippen molar-refractivity contribution in [2.24, 2.45) is 17.8 Å². The van der Waals surface area contributed by atoms with Crippen molar-refractivity contribution in [3.05, 3.63) is 112 Å².